The van der Waals surface area contributed by atoms with E-state index in [1.165, 1.54) is 11.3 Å². The second kappa shape index (κ2) is 4.43. The largest absolute Gasteiger partial charge is 0.422 e. The third kappa shape index (κ3) is 1.90. The lowest BCUT2D eigenvalue weighted by molar-refractivity contribution is 0.563. The highest BCUT2D eigenvalue weighted by molar-refractivity contribution is 7.13. The summed E-state index contributed by atoms with van der Waals surface area (Å²) in [5.74, 6) is 0. The summed E-state index contributed by atoms with van der Waals surface area (Å²) in [5, 5.41) is 5.24. The highest BCUT2D eigenvalue weighted by Crippen LogP contribution is 2.28. The van der Waals surface area contributed by atoms with Gasteiger partial charge in [-0.3, -0.25) is 0 Å². The molecule has 4 nitrogen and oxygen atoms in total. The summed E-state index contributed by atoms with van der Waals surface area (Å²) in [6, 6.07) is 13.6. The maximum atomic E-state index is 12.1. The maximum absolute atomic E-state index is 12.1. The molecule has 4 aromatic rings. The van der Waals surface area contributed by atoms with Crippen LogP contribution in [0.2, 0.25) is 0 Å². The van der Waals surface area contributed by atoms with Crippen LogP contribution >= 0.6 is 11.3 Å². The molecule has 0 aliphatic rings. The number of fused-ring (bicyclic) bond motifs is 3. The Balaban J connectivity index is 2.11. The molecule has 0 saturated heterocycles. The summed E-state index contributed by atoms with van der Waals surface area (Å²) in [6.45, 7) is 0. The van der Waals surface area contributed by atoms with E-state index in [0.29, 0.717) is 22.0 Å². The number of anilines is 1. The van der Waals surface area contributed by atoms with E-state index in [1.54, 1.807) is 5.38 Å². The van der Waals surface area contributed by atoms with Gasteiger partial charge in [-0.1, -0.05) is 30.3 Å². The van der Waals surface area contributed by atoms with E-state index in [-0.39, 0.29) is 0 Å². The number of thiazole rings is 1. The fraction of sp³-hybridized carbons (Fsp3) is 0. The predicted molar refractivity (Wildman–Crippen MR) is 85.5 cm³/mol. The van der Waals surface area contributed by atoms with Crippen molar-refractivity contribution in [2.75, 3.05) is 5.73 Å². The van der Waals surface area contributed by atoms with E-state index in [2.05, 4.69) is 4.98 Å². The van der Waals surface area contributed by atoms with Crippen LogP contribution in [0.5, 0.6) is 0 Å². The van der Waals surface area contributed by atoms with Crippen LogP contribution in [-0.4, -0.2) is 4.98 Å². The number of aromatic nitrogens is 1. The van der Waals surface area contributed by atoms with Crippen molar-refractivity contribution in [2.45, 2.75) is 0 Å². The van der Waals surface area contributed by atoms with E-state index >= 15 is 0 Å². The first-order valence-corrected chi connectivity index (χ1v) is 7.27. The van der Waals surface area contributed by atoms with Gasteiger partial charge in [0.2, 0.25) is 0 Å². The first-order valence-electron chi connectivity index (χ1n) is 6.39. The van der Waals surface area contributed by atoms with E-state index in [9.17, 15) is 4.79 Å². The lowest BCUT2D eigenvalue weighted by Crippen LogP contribution is -2.03. The summed E-state index contributed by atoms with van der Waals surface area (Å²) in [6.07, 6.45) is 0. The fourth-order valence-corrected chi connectivity index (χ4v) is 3.02. The average molecular weight is 294 g/mol. The van der Waals surface area contributed by atoms with Gasteiger partial charge in [0.25, 0.3) is 0 Å². The lowest BCUT2D eigenvalue weighted by Gasteiger charge is -2.04. The zero-order valence-electron chi connectivity index (χ0n) is 10.9. The van der Waals surface area contributed by atoms with Crippen LogP contribution < -0.4 is 11.4 Å². The van der Waals surface area contributed by atoms with Crippen LogP contribution in [0, 0.1) is 0 Å². The van der Waals surface area contributed by atoms with Crippen molar-refractivity contribution in [3.05, 3.63) is 58.3 Å². The second-order valence-corrected chi connectivity index (χ2v) is 5.61. The number of hydrogen-bond donors (Lipinski definition) is 1. The molecule has 2 aromatic carbocycles. The third-order valence-electron chi connectivity index (χ3n) is 3.44. The van der Waals surface area contributed by atoms with Crippen molar-refractivity contribution in [1.29, 1.82) is 0 Å². The molecule has 0 radical (unpaired) electrons. The van der Waals surface area contributed by atoms with Crippen LogP contribution in [0.4, 0.5) is 5.13 Å². The number of rotatable bonds is 1. The Morgan fingerprint density at radius 1 is 1.10 bits per heavy atom. The molecular formula is C16H10N2O2S. The first kappa shape index (κ1) is 12.1. The van der Waals surface area contributed by atoms with Gasteiger partial charge in [-0.2, -0.15) is 0 Å². The number of nitrogens with two attached hydrogens (primary N) is 1. The van der Waals surface area contributed by atoms with E-state index in [0.717, 1.165) is 16.2 Å². The Kier molecular flexibility index (Phi) is 2.55. The van der Waals surface area contributed by atoms with Gasteiger partial charge < -0.3 is 10.2 Å². The fourth-order valence-electron chi connectivity index (χ4n) is 2.46. The van der Waals surface area contributed by atoms with E-state index < -0.39 is 5.63 Å². The third-order valence-corrected chi connectivity index (χ3v) is 4.11. The summed E-state index contributed by atoms with van der Waals surface area (Å²) in [4.78, 5) is 16.3. The number of nitrogens with zero attached hydrogens (tertiary/aromatic N) is 1. The second-order valence-electron chi connectivity index (χ2n) is 4.72. The summed E-state index contributed by atoms with van der Waals surface area (Å²) >= 11 is 1.30. The Morgan fingerprint density at radius 3 is 2.76 bits per heavy atom. The molecule has 5 heteroatoms. The molecule has 2 N–H and O–H groups in total. The highest BCUT2D eigenvalue weighted by atomic mass is 32.1. The van der Waals surface area contributed by atoms with Crippen LogP contribution in [-0.2, 0) is 0 Å². The monoisotopic (exact) mass is 294 g/mol. The van der Waals surface area contributed by atoms with Crippen LogP contribution in [0.1, 0.15) is 0 Å². The maximum Gasteiger partial charge on any atom is 0.345 e. The number of nitrogen functional groups attached to an aromatic ring is 1. The van der Waals surface area contributed by atoms with E-state index in [1.807, 2.05) is 42.5 Å². The summed E-state index contributed by atoms with van der Waals surface area (Å²) < 4.78 is 5.43. The van der Waals surface area contributed by atoms with Crippen LogP contribution in [0.15, 0.2) is 57.1 Å². The molecule has 4 rings (SSSR count). The number of hydrogen-bond acceptors (Lipinski definition) is 5. The molecule has 0 fully saturated rings. The Hall–Kier alpha value is -2.66. The molecule has 0 unspecified atom stereocenters. The molecule has 102 valence electrons. The van der Waals surface area contributed by atoms with Crippen molar-refractivity contribution in [3.63, 3.8) is 0 Å². The van der Waals surface area contributed by atoms with E-state index in [4.69, 9.17) is 10.2 Å². The minimum atomic E-state index is -0.400. The van der Waals surface area contributed by atoms with Crippen molar-refractivity contribution in [2.24, 2.45) is 0 Å². The van der Waals surface area contributed by atoms with Gasteiger partial charge in [-0.25, -0.2) is 9.78 Å². The van der Waals surface area contributed by atoms with Gasteiger partial charge in [-0.15, -0.1) is 11.3 Å². The molecule has 2 aromatic heterocycles. The Bertz CT molecular complexity index is 1030. The van der Waals surface area contributed by atoms with Crippen LogP contribution in [0.25, 0.3) is 33.0 Å². The topological polar surface area (TPSA) is 69.1 Å². The van der Waals surface area contributed by atoms with Gasteiger partial charge >= 0.3 is 5.63 Å². The summed E-state index contributed by atoms with van der Waals surface area (Å²) in [5.41, 5.74) is 6.81. The molecule has 2 heterocycles. The van der Waals surface area contributed by atoms with Gasteiger partial charge in [0.05, 0.1) is 11.3 Å². The molecule has 21 heavy (non-hydrogen) atoms. The minimum absolute atomic E-state index is 0.400. The van der Waals surface area contributed by atoms with Crippen molar-refractivity contribution in [1.82, 2.24) is 4.98 Å². The van der Waals surface area contributed by atoms with Gasteiger partial charge in [0, 0.05) is 10.8 Å². The first-order chi connectivity index (χ1) is 10.2. The van der Waals surface area contributed by atoms with Crippen molar-refractivity contribution >= 4 is 38.2 Å². The highest BCUT2D eigenvalue weighted by Gasteiger charge is 2.12. The molecule has 0 saturated carbocycles. The zero-order chi connectivity index (χ0) is 14.4. The standard InChI is InChI=1S/C16H10N2O2S/c17-16-18-13(8-21-16)12-7-11-10-4-2-1-3-9(10)5-6-14(11)20-15(12)19/h1-8H,(H2,17,18). The van der Waals surface area contributed by atoms with Crippen LogP contribution in [0.3, 0.4) is 0 Å². The Labute approximate surface area is 123 Å². The molecule has 0 aliphatic heterocycles. The van der Waals surface area contributed by atoms with Gasteiger partial charge in [-0.05, 0) is 22.9 Å². The predicted octanol–water partition coefficient (Wildman–Crippen LogP) is 3.65. The summed E-state index contributed by atoms with van der Waals surface area (Å²) in [7, 11) is 0. The molecular weight excluding hydrogens is 284 g/mol. The lowest BCUT2D eigenvalue weighted by atomic mass is 10.0. The smallest absolute Gasteiger partial charge is 0.345 e. The van der Waals surface area contributed by atoms with Gasteiger partial charge in [0.15, 0.2) is 5.13 Å². The van der Waals surface area contributed by atoms with Crippen molar-refractivity contribution < 1.29 is 4.42 Å². The molecule has 0 bridgehead atoms. The normalized spacial score (nSPS) is 11.2. The zero-order valence-corrected chi connectivity index (χ0v) is 11.7. The quantitative estimate of drug-likeness (QED) is 0.430. The van der Waals surface area contributed by atoms with Crippen molar-refractivity contribution in [3.8, 4) is 11.3 Å². The molecule has 0 atom stereocenters. The SMILES string of the molecule is Nc1nc(-c2cc3c(ccc4ccccc43)oc2=O)cs1. The molecule has 0 aliphatic carbocycles. The molecule has 0 amide bonds. The number of benzene rings is 2. The molecule has 0 spiro atoms. The minimum Gasteiger partial charge on any atom is -0.422 e. The Morgan fingerprint density at radius 2 is 1.95 bits per heavy atom. The van der Waals surface area contributed by atoms with Gasteiger partial charge in [0.1, 0.15) is 5.58 Å². The average Bonchev–Trinajstić information content (AvgIpc) is 2.92.